The number of hydrogen-bond acceptors (Lipinski definition) is 2. The van der Waals surface area contributed by atoms with Crippen LogP contribution in [0.2, 0.25) is 0 Å². The molecular formula is C42H25NOS. The molecule has 0 aliphatic heterocycles. The van der Waals surface area contributed by atoms with Gasteiger partial charge in [0.15, 0.2) is 5.58 Å². The van der Waals surface area contributed by atoms with Crippen LogP contribution in [0.3, 0.4) is 0 Å². The highest BCUT2D eigenvalue weighted by molar-refractivity contribution is 7.26. The minimum Gasteiger partial charge on any atom is -0.454 e. The molecule has 10 rings (SSSR count). The molecule has 0 unspecified atom stereocenters. The number of para-hydroxylation sites is 2. The maximum absolute atomic E-state index is 6.55. The van der Waals surface area contributed by atoms with Gasteiger partial charge in [0.25, 0.3) is 0 Å². The van der Waals surface area contributed by atoms with Gasteiger partial charge in [0.1, 0.15) is 5.58 Å². The Kier molecular flexibility index (Phi) is 5.19. The van der Waals surface area contributed by atoms with Crippen molar-refractivity contribution in [2.75, 3.05) is 0 Å². The highest BCUT2D eigenvalue weighted by Crippen LogP contribution is 2.44. The summed E-state index contributed by atoms with van der Waals surface area (Å²) in [6.07, 6.45) is 0. The van der Waals surface area contributed by atoms with Gasteiger partial charge in [-0.05, 0) is 65.2 Å². The van der Waals surface area contributed by atoms with Crippen LogP contribution in [0.4, 0.5) is 0 Å². The molecule has 10 aromatic rings. The molecule has 3 heterocycles. The molecule has 0 spiro atoms. The standard InChI is InChI=1S/C42H25NOS/c1-2-10-27(11-3-1)35-24-28(25-36-32-14-6-9-17-39(32)45-42(35)36)26-18-20-29(21-19-26)43-37-15-7-4-12-30(37)33-22-23-34-31-13-5-8-16-38(31)44-41(34)40(33)43/h1-25H. The number of thiophene rings is 1. The van der Waals surface area contributed by atoms with E-state index in [-0.39, 0.29) is 0 Å². The van der Waals surface area contributed by atoms with Crippen LogP contribution in [0.25, 0.3) is 91.9 Å². The number of benzene rings is 7. The van der Waals surface area contributed by atoms with Gasteiger partial charge in [-0.1, -0.05) is 103 Å². The second kappa shape index (κ2) is 9.43. The Balaban J connectivity index is 1.20. The molecule has 0 aliphatic rings. The van der Waals surface area contributed by atoms with Crippen LogP contribution in [-0.2, 0) is 0 Å². The molecule has 0 saturated carbocycles. The lowest BCUT2D eigenvalue weighted by atomic mass is 9.96. The lowest BCUT2D eigenvalue weighted by Gasteiger charge is -2.11. The van der Waals surface area contributed by atoms with E-state index in [1.807, 2.05) is 17.4 Å². The van der Waals surface area contributed by atoms with Gasteiger partial charge in [-0.15, -0.1) is 11.3 Å². The highest BCUT2D eigenvalue weighted by atomic mass is 32.1. The maximum atomic E-state index is 6.55. The van der Waals surface area contributed by atoms with Crippen molar-refractivity contribution in [1.29, 1.82) is 0 Å². The van der Waals surface area contributed by atoms with E-state index in [2.05, 4.69) is 150 Å². The van der Waals surface area contributed by atoms with Gasteiger partial charge in [0.2, 0.25) is 0 Å². The molecule has 0 saturated heterocycles. The molecule has 3 heteroatoms. The summed E-state index contributed by atoms with van der Waals surface area (Å²) in [5.41, 5.74) is 10.2. The van der Waals surface area contributed by atoms with Gasteiger partial charge in [0.05, 0.1) is 11.0 Å². The molecule has 0 bridgehead atoms. The minimum absolute atomic E-state index is 0.915. The average Bonchev–Trinajstić information content (AvgIpc) is 3.78. The van der Waals surface area contributed by atoms with E-state index < -0.39 is 0 Å². The molecule has 3 aromatic heterocycles. The van der Waals surface area contributed by atoms with Gasteiger partial charge in [-0.2, -0.15) is 0 Å². The summed E-state index contributed by atoms with van der Waals surface area (Å²) in [5, 5.41) is 7.33. The van der Waals surface area contributed by atoms with E-state index >= 15 is 0 Å². The first-order chi connectivity index (χ1) is 22.3. The first-order valence-electron chi connectivity index (χ1n) is 15.3. The fourth-order valence-electron chi connectivity index (χ4n) is 7.13. The molecule has 7 aromatic carbocycles. The lowest BCUT2D eigenvalue weighted by molar-refractivity contribution is 0.671. The molecule has 45 heavy (non-hydrogen) atoms. The zero-order valence-electron chi connectivity index (χ0n) is 24.2. The normalized spacial score (nSPS) is 12.0. The van der Waals surface area contributed by atoms with Crippen molar-refractivity contribution in [2.24, 2.45) is 0 Å². The molecule has 0 fully saturated rings. The van der Waals surface area contributed by atoms with E-state index in [9.17, 15) is 0 Å². The van der Waals surface area contributed by atoms with Crippen LogP contribution < -0.4 is 0 Å². The summed E-state index contributed by atoms with van der Waals surface area (Å²) in [7, 11) is 0. The van der Waals surface area contributed by atoms with Gasteiger partial charge >= 0.3 is 0 Å². The Labute approximate surface area is 263 Å². The maximum Gasteiger partial charge on any atom is 0.160 e. The molecule has 0 amide bonds. The third-order valence-electron chi connectivity index (χ3n) is 9.20. The summed E-state index contributed by atoms with van der Waals surface area (Å²) in [6.45, 7) is 0. The van der Waals surface area contributed by atoms with Crippen molar-refractivity contribution in [3.8, 4) is 27.9 Å². The Hall–Kier alpha value is -5.64. The molecule has 210 valence electrons. The topological polar surface area (TPSA) is 18.1 Å². The molecule has 0 N–H and O–H groups in total. The number of rotatable bonds is 3. The molecule has 0 aliphatic carbocycles. The van der Waals surface area contributed by atoms with Crippen molar-refractivity contribution in [3.63, 3.8) is 0 Å². The number of hydrogen-bond donors (Lipinski definition) is 0. The first kappa shape index (κ1) is 24.8. The Morgan fingerprint density at radius 2 is 1.18 bits per heavy atom. The second-order valence-corrected chi connectivity index (χ2v) is 12.8. The van der Waals surface area contributed by atoms with E-state index in [4.69, 9.17) is 4.42 Å². The number of aromatic nitrogens is 1. The van der Waals surface area contributed by atoms with Crippen molar-refractivity contribution in [2.45, 2.75) is 0 Å². The van der Waals surface area contributed by atoms with Crippen LogP contribution in [0, 0.1) is 0 Å². The van der Waals surface area contributed by atoms with Crippen LogP contribution in [0.5, 0.6) is 0 Å². The monoisotopic (exact) mass is 591 g/mol. The Bertz CT molecular complexity index is 2740. The molecule has 0 atom stereocenters. The van der Waals surface area contributed by atoms with Crippen LogP contribution in [0.15, 0.2) is 156 Å². The summed E-state index contributed by atoms with van der Waals surface area (Å²) in [4.78, 5) is 0. The molecular weight excluding hydrogens is 567 g/mol. The van der Waals surface area contributed by atoms with E-state index in [0.29, 0.717) is 0 Å². The average molecular weight is 592 g/mol. The summed E-state index contributed by atoms with van der Waals surface area (Å²) >= 11 is 1.88. The lowest BCUT2D eigenvalue weighted by Crippen LogP contribution is -1.94. The minimum atomic E-state index is 0.915. The third-order valence-corrected chi connectivity index (χ3v) is 10.4. The van der Waals surface area contributed by atoms with Gasteiger partial charge in [0, 0.05) is 53.0 Å². The number of nitrogens with zero attached hydrogens (tertiary/aromatic N) is 1. The Morgan fingerprint density at radius 3 is 2.04 bits per heavy atom. The number of fused-ring (bicyclic) bond motifs is 10. The van der Waals surface area contributed by atoms with Crippen LogP contribution in [0.1, 0.15) is 0 Å². The zero-order valence-corrected chi connectivity index (χ0v) is 25.0. The van der Waals surface area contributed by atoms with Crippen molar-refractivity contribution < 1.29 is 4.42 Å². The molecule has 2 nitrogen and oxygen atoms in total. The van der Waals surface area contributed by atoms with Crippen molar-refractivity contribution in [1.82, 2.24) is 4.57 Å². The van der Waals surface area contributed by atoms with Crippen LogP contribution >= 0.6 is 11.3 Å². The highest BCUT2D eigenvalue weighted by Gasteiger charge is 2.19. The smallest absolute Gasteiger partial charge is 0.160 e. The fourth-order valence-corrected chi connectivity index (χ4v) is 8.35. The second-order valence-electron chi connectivity index (χ2n) is 11.7. The van der Waals surface area contributed by atoms with Gasteiger partial charge < -0.3 is 8.98 Å². The van der Waals surface area contributed by atoms with Gasteiger partial charge in [-0.3, -0.25) is 0 Å². The molecule has 0 radical (unpaired) electrons. The summed E-state index contributed by atoms with van der Waals surface area (Å²) in [6, 6.07) is 54.7. The first-order valence-corrected chi connectivity index (χ1v) is 16.1. The summed E-state index contributed by atoms with van der Waals surface area (Å²) < 4.78 is 11.6. The van der Waals surface area contributed by atoms with Crippen LogP contribution in [-0.4, -0.2) is 4.57 Å². The van der Waals surface area contributed by atoms with Crippen molar-refractivity contribution in [3.05, 3.63) is 152 Å². The van der Waals surface area contributed by atoms with Gasteiger partial charge in [-0.25, -0.2) is 0 Å². The van der Waals surface area contributed by atoms with Crippen molar-refractivity contribution >= 4 is 75.3 Å². The predicted octanol–water partition coefficient (Wildman–Crippen LogP) is 12.4. The quantitative estimate of drug-likeness (QED) is 0.200. The third kappa shape index (κ3) is 3.62. The van der Waals surface area contributed by atoms with E-state index in [0.717, 1.165) is 33.1 Å². The summed E-state index contributed by atoms with van der Waals surface area (Å²) in [5.74, 6) is 0. The van der Waals surface area contributed by atoms with E-state index in [1.165, 1.54) is 58.7 Å². The fraction of sp³-hybridized carbons (Fsp3) is 0. The zero-order chi connectivity index (χ0) is 29.5. The largest absolute Gasteiger partial charge is 0.454 e. The Morgan fingerprint density at radius 1 is 0.467 bits per heavy atom. The predicted molar refractivity (Wildman–Crippen MR) is 192 cm³/mol. The van der Waals surface area contributed by atoms with E-state index in [1.54, 1.807) is 0 Å². The number of furan rings is 1. The SMILES string of the molecule is c1ccc(-c2cc(-c3ccc(-n4c5ccccc5c5ccc6c7ccccc7oc6c54)cc3)cc3c2sc2ccccc23)cc1.